The summed E-state index contributed by atoms with van der Waals surface area (Å²) < 4.78 is 0. The fourth-order valence-corrected chi connectivity index (χ4v) is 3.43. The first kappa shape index (κ1) is 21.8. The van der Waals surface area contributed by atoms with Gasteiger partial charge in [-0.25, -0.2) is 9.98 Å². The molecule has 0 atom stereocenters. The zero-order valence-corrected chi connectivity index (χ0v) is 18.0. The van der Waals surface area contributed by atoms with Gasteiger partial charge in [0, 0.05) is 56.3 Å². The lowest BCUT2D eigenvalue weighted by Gasteiger charge is -2.16. The molecule has 28 heavy (non-hydrogen) atoms. The third-order valence-corrected chi connectivity index (χ3v) is 5.41. The Morgan fingerprint density at radius 2 is 2.07 bits per heavy atom. The number of guanidine groups is 1. The first-order chi connectivity index (χ1) is 13.5. The van der Waals surface area contributed by atoms with Crippen molar-refractivity contribution in [1.29, 1.82) is 0 Å². The molecule has 8 heteroatoms. The van der Waals surface area contributed by atoms with Crippen LogP contribution in [-0.2, 0) is 17.6 Å². The van der Waals surface area contributed by atoms with E-state index in [-0.39, 0.29) is 12.5 Å². The summed E-state index contributed by atoms with van der Waals surface area (Å²) in [6, 6.07) is 5.81. The normalized spacial score (nSPS) is 11.4. The van der Waals surface area contributed by atoms with Gasteiger partial charge in [-0.15, -0.1) is 11.3 Å². The minimum atomic E-state index is -0.0145. The number of amides is 1. The van der Waals surface area contributed by atoms with Crippen LogP contribution in [0.2, 0.25) is 0 Å². The number of carbonyl (C=O) groups is 1. The molecule has 0 aromatic carbocycles. The fraction of sp³-hybridized carbons (Fsp3) is 0.500. The van der Waals surface area contributed by atoms with Crippen LogP contribution in [0.3, 0.4) is 0 Å². The van der Waals surface area contributed by atoms with E-state index in [1.165, 1.54) is 4.88 Å². The monoisotopic (exact) mass is 402 g/mol. The molecule has 7 nitrogen and oxygen atoms in total. The van der Waals surface area contributed by atoms with E-state index < -0.39 is 0 Å². The van der Waals surface area contributed by atoms with Gasteiger partial charge in [-0.05, 0) is 32.9 Å². The smallest absolute Gasteiger partial charge is 0.244 e. The maximum Gasteiger partial charge on any atom is 0.244 e. The lowest BCUT2D eigenvalue weighted by Crippen LogP contribution is -2.39. The zero-order valence-electron chi connectivity index (χ0n) is 17.2. The average molecular weight is 403 g/mol. The summed E-state index contributed by atoms with van der Waals surface area (Å²) in [5.74, 6) is 0.637. The zero-order chi connectivity index (χ0) is 20.4. The van der Waals surface area contributed by atoms with Crippen LogP contribution in [0, 0.1) is 13.8 Å². The number of likely N-dealkylation sites (N-methyl/N-ethyl adjacent to an activating group) is 1. The molecule has 2 heterocycles. The van der Waals surface area contributed by atoms with Crippen LogP contribution in [0.4, 0.5) is 0 Å². The Hall–Kier alpha value is -2.48. The van der Waals surface area contributed by atoms with Gasteiger partial charge in [0.1, 0.15) is 6.54 Å². The van der Waals surface area contributed by atoms with Crippen molar-refractivity contribution in [2.45, 2.75) is 33.6 Å². The quantitative estimate of drug-likeness (QED) is 0.495. The highest BCUT2D eigenvalue weighted by Gasteiger charge is 2.09. The Morgan fingerprint density at radius 3 is 2.71 bits per heavy atom. The van der Waals surface area contributed by atoms with Crippen LogP contribution in [-0.4, -0.2) is 60.0 Å². The number of thiazole rings is 1. The molecule has 0 saturated carbocycles. The molecule has 2 rings (SSSR count). The summed E-state index contributed by atoms with van der Waals surface area (Å²) in [5, 5.41) is 7.57. The van der Waals surface area contributed by atoms with E-state index in [9.17, 15) is 4.79 Å². The summed E-state index contributed by atoms with van der Waals surface area (Å²) in [6.45, 7) is 8.33. The topological polar surface area (TPSA) is 82.5 Å². The second-order valence-corrected chi connectivity index (χ2v) is 7.80. The molecule has 0 saturated heterocycles. The van der Waals surface area contributed by atoms with E-state index in [1.807, 2.05) is 32.0 Å². The van der Waals surface area contributed by atoms with E-state index in [4.69, 9.17) is 0 Å². The number of pyridine rings is 1. The molecule has 0 fully saturated rings. The van der Waals surface area contributed by atoms with Crippen molar-refractivity contribution in [2.24, 2.45) is 4.99 Å². The number of rotatable bonds is 9. The van der Waals surface area contributed by atoms with E-state index in [2.05, 4.69) is 32.5 Å². The first-order valence-electron chi connectivity index (χ1n) is 9.58. The Morgan fingerprint density at radius 1 is 1.25 bits per heavy atom. The molecule has 0 radical (unpaired) electrons. The van der Waals surface area contributed by atoms with Gasteiger partial charge in [0.05, 0.1) is 10.7 Å². The first-order valence-corrected chi connectivity index (χ1v) is 10.4. The molecule has 2 aromatic rings. The van der Waals surface area contributed by atoms with Crippen LogP contribution < -0.4 is 10.6 Å². The van der Waals surface area contributed by atoms with Gasteiger partial charge in [0.15, 0.2) is 5.96 Å². The summed E-state index contributed by atoms with van der Waals surface area (Å²) >= 11 is 1.73. The van der Waals surface area contributed by atoms with E-state index in [1.54, 1.807) is 29.5 Å². The summed E-state index contributed by atoms with van der Waals surface area (Å²) in [6.07, 6.45) is 3.34. The number of aromatic nitrogens is 2. The summed E-state index contributed by atoms with van der Waals surface area (Å²) in [7, 11) is 1.80. The molecule has 0 aliphatic heterocycles. The number of nitrogens with one attached hydrogen (secondary N) is 2. The molecule has 1 amide bonds. The van der Waals surface area contributed by atoms with Crippen molar-refractivity contribution in [3.05, 3.63) is 45.7 Å². The third-order valence-electron chi connectivity index (χ3n) is 4.28. The molecule has 0 spiro atoms. The van der Waals surface area contributed by atoms with Crippen molar-refractivity contribution in [2.75, 3.05) is 33.2 Å². The fourth-order valence-electron chi connectivity index (χ4n) is 2.50. The second-order valence-electron chi connectivity index (χ2n) is 6.51. The second kappa shape index (κ2) is 11.4. The number of carbonyl (C=O) groups excluding carboxylic acids is 1. The van der Waals surface area contributed by atoms with Crippen LogP contribution in [0.15, 0.2) is 29.4 Å². The molecule has 152 valence electrons. The summed E-state index contributed by atoms with van der Waals surface area (Å²) in [5.41, 5.74) is 2.08. The Balaban J connectivity index is 1.78. The summed E-state index contributed by atoms with van der Waals surface area (Å²) in [4.78, 5) is 28.5. The van der Waals surface area contributed by atoms with Crippen molar-refractivity contribution in [1.82, 2.24) is 25.5 Å². The van der Waals surface area contributed by atoms with Crippen LogP contribution in [0.25, 0.3) is 0 Å². The van der Waals surface area contributed by atoms with Crippen LogP contribution in [0.1, 0.15) is 28.2 Å². The minimum Gasteiger partial charge on any atom is -0.357 e. The van der Waals surface area contributed by atoms with Crippen LogP contribution in [0.5, 0.6) is 0 Å². The van der Waals surface area contributed by atoms with Crippen LogP contribution >= 0.6 is 11.3 Å². The van der Waals surface area contributed by atoms with Crippen molar-refractivity contribution in [3.8, 4) is 0 Å². The largest absolute Gasteiger partial charge is 0.357 e. The van der Waals surface area contributed by atoms with Crippen molar-refractivity contribution in [3.63, 3.8) is 0 Å². The maximum atomic E-state index is 12.3. The van der Waals surface area contributed by atoms with Gasteiger partial charge >= 0.3 is 0 Å². The number of nitrogens with zero attached hydrogens (tertiary/aromatic N) is 4. The highest BCUT2D eigenvalue weighted by Crippen LogP contribution is 2.16. The third kappa shape index (κ3) is 7.26. The Labute approximate surface area is 171 Å². The average Bonchev–Trinajstić information content (AvgIpc) is 3.02. The predicted molar refractivity (Wildman–Crippen MR) is 115 cm³/mol. The molecule has 2 aromatic heterocycles. The van der Waals surface area contributed by atoms with E-state index >= 15 is 0 Å². The molecular weight excluding hydrogens is 372 g/mol. The van der Waals surface area contributed by atoms with Gasteiger partial charge in [-0.2, -0.15) is 0 Å². The molecule has 0 aliphatic rings. The predicted octanol–water partition coefficient (Wildman–Crippen LogP) is 1.95. The standard InChI is InChI=1S/C20H30N6OS/c1-5-21-20(23-12-9-18-25-15(2)16(3)28-18)24-14-19(27)26(4)13-10-17-8-6-7-11-22-17/h6-8,11H,5,9-10,12-14H2,1-4H3,(H2,21,23,24). The molecular formula is C20H30N6OS. The number of aliphatic imine (C=N–C) groups is 1. The highest BCUT2D eigenvalue weighted by molar-refractivity contribution is 7.11. The molecule has 2 N–H and O–H groups in total. The minimum absolute atomic E-state index is 0.0145. The van der Waals surface area contributed by atoms with Gasteiger partial charge in [-0.1, -0.05) is 6.07 Å². The Kier molecular flexibility index (Phi) is 8.87. The molecule has 0 bridgehead atoms. The van der Waals surface area contributed by atoms with Crippen molar-refractivity contribution >= 4 is 23.2 Å². The molecule has 0 unspecified atom stereocenters. The van der Waals surface area contributed by atoms with E-state index in [0.29, 0.717) is 12.5 Å². The number of aryl methyl sites for hydroxylation is 2. The van der Waals surface area contributed by atoms with Gasteiger partial charge < -0.3 is 15.5 Å². The van der Waals surface area contributed by atoms with Gasteiger partial charge in [0.25, 0.3) is 0 Å². The lowest BCUT2D eigenvalue weighted by atomic mass is 10.2. The lowest BCUT2D eigenvalue weighted by molar-refractivity contribution is -0.128. The number of hydrogen-bond donors (Lipinski definition) is 2. The highest BCUT2D eigenvalue weighted by atomic mass is 32.1. The SMILES string of the molecule is CCNC(=NCC(=O)N(C)CCc1ccccn1)NCCc1nc(C)c(C)s1. The Bertz CT molecular complexity index is 755. The maximum absolute atomic E-state index is 12.3. The van der Waals surface area contributed by atoms with E-state index in [0.717, 1.165) is 42.3 Å². The van der Waals surface area contributed by atoms with Gasteiger partial charge in [-0.3, -0.25) is 9.78 Å². The van der Waals surface area contributed by atoms with Crippen molar-refractivity contribution < 1.29 is 4.79 Å². The van der Waals surface area contributed by atoms with Gasteiger partial charge in [0.2, 0.25) is 5.91 Å². The number of hydrogen-bond acceptors (Lipinski definition) is 5. The molecule has 0 aliphatic carbocycles.